The number of hydrogen-bond acceptors (Lipinski definition) is 2. The van der Waals surface area contributed by atoms with Gasteiger partial charge in [-0.15, -0.1) is 0 Å². The van der Waals surface area contributed by atoms with Crippen molar-refractivity contribution in [1.82, 2.24) is 0 Å². The maximum absolute atomic E-state index is 6.30. The zero-order valence-electron chi connectivity index (χ0n) is 9.81. The fraction of sp³-hybridized carbons (Fsp3) is 1.00. The molecule has 4 heteroatoms. The largest absolute Gasteiger partial charge is 0.456 e. The van der Waals surface area contributed by atoms with E-state index >= 15 is 0 Å². The van der Waals surface area contributed by atoms with E-state index in [-0.39, 0.29) is 0 Å². The van der Waals surface area contributed by atoms with Crippen molar-refractivity contribution in [1.29, 1.82) is 0 Å². The van der Waals surface area contributed by atoms with Gasteiger partial charge in [0.1, 0.15) is 0 Å². The summed E-state index contributed by atoms with van der Waals surface area (Å²) in [6.07, 6.45) is 1.12. The van der Waals surface area contributed by atoms with Gasteiger partial charge in [-0.2, -0.15) is 0 Å². The van der Waals surface area contributed by atoms with Gasteiger partial charge in [-0.05, 0) is 51.2 Å². The van der Waals surface area contributed by atoms with Crippen LogP contribution in [0.5, 0.6) is 0 Å². The average Bonchev–Trinajstić information content (AvgIpc) is 1.99. The Bertz CT molecular complexity index is 149. The summed E-state index contributed by atoms with van der Waals surface area (Å²) in [6.45, 7) is 12.3. The van der Waals surface area contributed by atoms with E-state index in [4.69, 9.17) is 9.85 Å². The monoisotopic (exact) mass is 219 g/mol. The maximum Gasteiger partial charge on any atom is 0.173 e. The normalized spacial score (nSPS) is 13.4. The van der Waals surface area contributed by atoms with Crippen molar-refractivity contribution in [2.24, 2.45) is 5.73 Å². The summed E-state index contributed by atoms with van der Waals surface area (Å²) in [5, 5.41) is 0. The third-order valence-corrected chi connectivity index (χ3v) is 10.1. The van der Waals surface area contributed by atoms with E-state index in [1.807, 2.05) is 0 Å². The molecule has 0 bridgehead atoms. The molecule has 0 aliphatic carbocycles. The standard InChI is InChI=1S/C9H25NOSi2/c1-6-12(2,3)11-13(4,5)9-7-8-10/h6-10H2,1-5H3. The van der Waals surface area contributed by atoms with Crippen LogP contribution >= 0.6 is 0 Å². The van der Waals surface area contributed by atoms with Gasteiger partial charge >= 0.3 is 0 Å². The van der Waals surface area contributed by atoms with Crippen LogP contribution in [0, 0.1) is 0 Å². The average molecular weight is 219 g/mol. The van der Waals surface area contributed by atoms with Crippen molar-refractivity contribution in [3.8, 4) is 0 Å². The van der Waals surface area contributed by atoms with Crippen molar-refractivity contribution in [2.75, 3.05) is 6.54 Å². The Morgan fingerprint density at radius 3 is 2.00 bits per heavy atom. The molecule has 0 aliphatic rings. The molecule has 13 heavy (non-hydrogen) atoms. The molecule has 0 heterocycles. The highest BCUT2D eigenvalue weighted by molar-refractivity contribution is 6.84. The Morgan fingerprint density at radius 1 is 1.08 bits per heavy atom. The minimum absolute atomic E-state index is 0.800. The molecular weight excluding hydrogens is 194 g/mol. The molecule has 0 rings (SSSR count). The molecule has 0 spiro atoms. The lowest BCUT2D eigenvalue weighted by Crippen LogP contribution is -2.43. The van der Waals surface area contributed by atoms with Crippen molar-refractivity contribution in [3.63, 3.8) is 0 Å². The Labute approximate surface area is 85.1 Å². The molecule has 0 unspecified atom stereocenters. The van der Waals surface area contributed by atoms with Crippen LogP contribution in [0.3, 0.4) is 0 Å². The number of rotatable bonds is 6. The molecule has 0 saturated heterocycles. The molecule has 0 aromatic rings. The van der Waals surface area contributed by atoms with Crippen LogP contribution in [0.2, 0.25) is 38.3 Å². The van der Waals surface area contributed by atoms with Gasteiger partial charge in [0.15, 0.2) is 16.6 Å². The maximum atomic E-state index is 6.30. The lowest BCUT2D eigenvalue weighted by Gasteiger charge is -2.33. The second kappa shape index (κ2) is 5.29. The van der Waals surface area contributed by atoms with Crippen molar-refractivity contribution < 1.29 is 4.12 Å². The highest BCUT2D eigenvalue weighted by Crippen LogP contribution is 2.21. The zero-order chi connectivity index (χ0) is 10.5. The topological polar surface area (TPSA) is 35.2 Å². The summed E-state index contributed by atoms with van der Waals surface area (Å²) in [5.41, 5.74) is 5.51. The summed E-state index contributed by atoms with van der Waals surface area (Å²) in [5.74, 6) is 0. The zero-order valence-corrected chi connectivity index (χ0v) is 11.8. The summed E-state index contributed by atoms with van der Waals surface area (Å²) in [4.78, 5) is 0. The van der Waals surface area contributed by atoms with E-state index < -0.39 is 16.6 Å². The first-order chi connectivity index (χ1) is 5.83. The molecule has 0 atom stereocenters. The lowest BCUT2D eigenvalue weighted by atomic mass is 10.5. The summed E-state index contributed by atoms with van der Waals surface area (Å²) in [6, 6.07) is 2.42. The molecular formula is C9H25NOSi2. The third-order valence-electron chi connectivity index (χ3n) is 2.39. The van der Waals surface area contributed by atoms with Crippen molar-refractivity contribution >= 4 is 16.6 Å². The lowest BCUT2D eigenvalue weighted by molar-refractivity contribution is 0.536. The van der Waals surface area contributed by atoms with Gasteiger partial charge in [0.2, 0.25) is 0 Å². The quantitative estimate of drug-likeness (QED) is 0.697. The summed E-state index contributed by atoms with van der Waals surface area (Å²) in [7, 11) is -2.74. The van der Waals surface area contributed by atoms with Crippen LogP contribution < -0.4 is 5.73 Å². The van der Waals surface area contributed by atoms with Gasteiger partial charge in [0.05, 0.1) is 0 Å². The smallest absolute Gasteiger partial charge is 0.173 e. The van der Waals surface area contributed by atoms with Crippen LogP contribution in [0.15, 0.2) is 0 Å². The summed E-state index contributed by atoms with van der Waals surface area (Å²) < 4.78 is 6.30. The van der Waals surface area contributed by atoms with Crippen LogP contribution in [0.4, 0.5) is 0 Å². The molecule has 0 saturated carbocycles. The second-order valence-electron chi connectivity index (χ2n) is 4.87. The van der Waals surface area contributed by atoms with Gasteiger partial charge in [0, 0.05) is 0 Å². The predicted molar refractivity (Wildman–Crippen MR) is 65.0 cm³/mol. The van der Waals surface area contributed by atoms with E-state index in [2.05, 4.69) is 33.1 Å². The fourth-order valence-electron chi connectivity index (χ4n) is 1.40. The van der Waals surface area contributed by atoms with Crippen LogP contribution in [0.1, 0.15) is 13.3 Å². The Balaban J connectivity index is 4.00. The van der Waals surface area contributed by atoms with Gasteiger partial charge < -0.3 is 9.85 Å². The minimum atomic E-state index is -1.40. The van der Waals surface area contributed by atoms with E-state index in [1.165, 1.54) is 12.1 Å². The fourth-order valence-corrected chi connectivity index (χ4v) is 9.42. The second-order valence-corrected chi connectivity index (χ2v) is 13.9. The van der Waals surface area contributed by atoms with Gasteiger partial charge in [0.25, 0.3) is 0 Å². The van der Waals surface area contributed by atoms with Gasteiger partial charge in [-0.25, -0.2) is 0 Å². The molecule has 0 aromatic heterocycles. The molecule has 0 amide bonds. The summed E-state index contributed by atoms with van der Waals surface area (Å²) >= 11 is 0. The van der Waals surface area contributed by atoms with Crippen molar-refractivity contribution in [2.45, 2.75) is 51.6 Å². The van der Waals surface area contributed by atoms with Gasteiger partial charge in [-0.1, -0.05) is 6.92 Å². The van der Waals surface area contributed by atoms with Crippen LogP contribution in [-0.2, 0) is 4.12 Å². The predicted octanol–water partition coefficient (Wildman–Crippen LogP) is 2.78. The Morgan fingerprint density at radius 2 is 1.62 bits per heavy atom. The van der Waals surface area contributed by atoms with Gasteiger partial charge in [-0.3, -0.25) is 0 Å². The first-order valence-corrected chi connectivity index (χ1v) is 11.5. The van der Waals surface area contributed by atoms with Crippen LogP contribution in [-0.4, -0.2) is 23.2 Å². The number of nitrogens with two attached hydrogens (primary N) is 1. The first-order valence-electron chi connectivity index (χ1n) is 5.23. The molecule has 0 aliphatic heterocycles. The molecule has 2 nitrogen and oxygen atoms in total. The van der Waals surface area contributed by atoms with Crippen molar-refractivity contribution in [3.05, 3.63) is 0 Å². The molecule has 80 valence electrons. The highest BCUT2D eigenvalue weighted by atomic mass is 28.4. The van der Waals surface area contributed by atoms with E-state index in [0.717, 1.165) is 13.0 Å². The van der Waals surface area contributed by atoms with E-state index in [9.17, 15) is 0 Å². The third kappa shape index (κ3) is 6.43. The van der Waals surface area contributed by atoms with E-state index in [1.54, 1.807) is 0 Å². The minimum Gasteiger partial charge on any atom is -0.456 e. The highest BCUT2D eigenvalue weighted by Gasteiger charge is 2.30. The molecule has 0 radical (unpaired) electrons. The first kappa shape index (κ1) is 13.4. The Hall–Kier alpha value is 0.354. The Kier molecular flexibility index (Phi) is 5.43. The molecule has 0 aromatic carbocycles. The van der Waals surface area contributed by atoms with Crippen LogP contribution in [0.25, 0.3) is 0 Å². The molecule has 2 N–H and O–H groups in total. The SMILES string of the molecule is CC[Si](C)(C)O[Si](C)(C)CCCN. The van der Waals surface area contributed by atoms with E-state index in [0.29, 0.717) is 0 Å². The number of hydrogen-bond donors (Lipinski definition) is 1. The molecule has 0 fully saturated rings.